The van der Waals surface area contributed by atoms with E-state index in [9.17, 15) is 0 Å². The summed E-state index contributed by atoms with van der Waals surface area (Å²) in [5.74, 6) is 0. The maximum atomic E-state index is 8.11. The first kappa shape index (κ1) is 5.77. The fourth-order valence-electron chi connectivity index (χ4n) is 0.644. The summed E-state index contributed by atoms with van der Waals surface area (Å²) in [5, 5.41) is 8.11. The van der Waals surface area contributed by atoms with E-state index in [1.807, 2.05) is 24.3 Å². The molecule has 1 rings (SSSR count). The van der Waals surface area contributed by atoms with Crippen LogP contribution in [-0.4, -0.2) is 5.71 Å². The van der Waals surface area contributed by atoms with E-state index in [-0.39, 0.29) is 0 Å². The van der Waals surface area contributed by atoms with Gasteiger partial charge in [-0.25, -0.2) is 0 Å². The Morgan fingerprint density at radius 1 is 1.44 bits per heavy atom. The lowest BCUT2D eigenvalue weighted by Gasteiger charge is -1.92. The number of hydrogen-bond donors (Lipinski definition) is 0. The summed E-state index contributed by atoms with van der Waals surface area (Å²) in [7, 11) is 0. The van der Waals surface area contributed by atoms with Gasteiger partial charge in [0.2, 0.25) is 6.19 Å². The van der Waals surface area contributed by atoms with Gasteiger partial charge >= 0.3 is 0 Å². The van der Waals surface area contributed by atoms with Crippen molar-refractivity contribution < 1.29 is 0 Å². The van der Waals surface area contributed by atoms with Crippen molar-refractivity contribution in [1.29, 1.82) is 5.26 Å². The first-order chi connectivity index (χ1) is 4.43. The first-order valence-electron chi connectivity index (χ1n) is 2.73. The molecule has 1 aliphatic rings. The molecule has 0 unspecified atom stereocenters. The van der Waals surface area contributed by atoms with E-state index in [4.69, 9.17) is 5.26 Å². The average Bonchev–Trinajstić information content (AvgIpc) is 1.91. The largest absolute Gasteiger partial charge is 0.206 e. The molecular formula is C7H6N2. The molecule has 0 radical (unpaired) electrons. The maximum Gasteiger partial charge on any atom is 0.206 e. The highest BCUT2D eigenvalue weighted by Crippen LogP contribution is 1.96. The van der Waals surface area contributed by atoms with Crippen LogP contribution in [-0.2, 0) is 0 Å². The molecule has 2 nitrogen and oxygen atoms in total. The second kappa shape index (κ2) is 2.83. The van der Waals surface area contributed by atoms with E-state index >= 15 is 0 Å². The molecule has 0 aromatic carbocycles. The van der Waals surface area contributed by atoms with Crippen LogP contribution in [0.5, 0.6) is 0 Å². The van der Waals surface area contributed by atoms with Crippen molar-refractivity contribution in [2.45, 2.75) is 6.42 Å². The number of aliphatic imine (C=N–C) groups is 1. The molecule has 1 aliphatic carbocycles. The molecule has 0 saturated heterocycles. The van der Waals surface area contributed by atoms with Gasteiger partial charge < -0.3 is 0 Å². The van der Waals surface area contributed by atoms with Gasteiger partial charge in [-0.1, -0.05) is 12.2 Å². The van der Waals surface area contributed by atoms with Gasteiger partial charge in [-0.2, -0.15) is 10.3 Å². The Labute approximate surface area is 53.8 Å². The van der Waals surface area contributed by atoms with Crippen molar-refractivity contribution in [1.82, 2.24) is 0 Å². The normalized spacial score (nSPS) is 15.2. The molecule has 0 aromatic rings. The Morgan fingerprint density at radius 2 is 2.11 bits per heavy atom. The van der Waals surface area contributed by atoms with Crippen molar-refractivity contribution in [2.24, 2.45) is 4.99 Å². The van der Waals surface area contributed by atoms with Gasteiger partial charge in [0.05, 0.1) is 5.71 Å². The van der Waals surface area contributed by atoms with Crippen LogP contribution in [0.1, 0.15) is 6.42 Å². The van der Waals surface area contributed by atoms with Crippen LogP contribution in [0.25, 0.3) is 0 Å². The summed E-state index contributed by atoms with van der Waals surface area (Å²) in [5.41, 5.74) is 0.740. The third-order valence-corrected chi connectivity index (χ3v) is 1.03. The minimum Gasteiger partial charge on any atom is -0.174 e. The van der Waals surface area contributed by atoms with E-state index in [1.165, 1.54) is 0 Å². The maximum absolute atomic E-state index is 8.11. The van der Waals surface area contributed by atoms with Gasteiger partial charge in [0.15, 0.2) is 0 Å². The number of allylic oxidation sites excluding steroid dienone is 4. The van der Waals surface area contributed by atoms with Crippen LogP contribution < -0.4 is 0 Å². The fraction of sp³-hybridized carbons (Fsp3) is 0.143. The van der Waals surface area contributed by atoms with Crippen LogP contribution in [0, 0.1) is 11.5 Å². The first-order valence-corrected chi connectivity index (χ1v) is 2.73. The Balaban J connectivity index is 2.73. The van der Waals surface area contributed by atoms with Gasteiger partial charge in [0.25, 0.3) is 0 Å². The summed E-state index contributed by atoms with van der Waals surface area (Å²) in [6, 6.07) is 0. The standard InChI is InChI=1S/C7H6N2/c8-6-9-7-4-2-1-3-5-7/h2-5H,1H2. The van der Waals surface area contributed by atoms with Crippen molar-refractivity contribution >= 4 is 5.71 Å². The zero-order chi connectivity index (χ0) is 6.53. The quantitative estimate of drug-likeness (QED) is 0.443. The predicted octanol–water partition coefficient (Wildman–Crippen LogP) is 1.42. The summed E-state index contributed by atoms with van der Waals surface area (Å²) in [6.07, 6.45) is 10.3. The van der Waals surface area contributed by atoms with Crippen molar-refractivity contribution in [3.05, 3.63) is 24.3 Å². The summed E-state index contributed by atoms with van der Waals surface area (Å²) in [6.45, 7) is 0. The van der Waals surface area contributed by atoms with E-state index < -0.39 is 0 Å². The van der Waals surface area contributed by atoms with E-state index in [1.54, 1.807) is 6.19 Å². The molecule has 0 spiro atoms. The van der Waals surface area contributed by atoms with Crippen LogP contribution >= 0.6 is 0 Å². The van der Waals surface area contributed by atoms with Gasteiger partial charge in [0, 0.05) is 0 Å². The zero-order valence-corrected chi connectivity index (χ0v) is 4.91. The minimum absolute atomic E-state index is 0.740. The summed E-state index contributed by atoms with van der Waals surface area (Å²) < 4.78 is 0. The SMILES string of the molecule is N#CN=C1C=CCC=C1. The van der Waals surface area contributed by atoms with Gasteiger partial charge in [-0.3, -0.25) is 0 Å². The third-order valence-electron chi connectivity index (χ3n) is 1.03. The van der Waals surface area contributed by atoms with Crippen LogP contribution in [0.4, 0.5) is 0 Å². The van der Waals surface area contributed by atoms with Crippen molar-refractivity contribution in [2.75, 3.05) is 0 Å². The van der Waals surface area contributed by atoms with Crippen molar-refractivity contribution in [3.63, 3.8) is 0 Å². The Hall–Kier alpha value is -1.36. The molecule has 0 bridgehead atoms. The van der Waals surface area contributed by atoms with Crippen LogP contribution in [0.2, 0.25) is 0 Å². The number of nitrogens with zero attached hydrogens (tertiary/aromatic N) is 2. The highest BCUT2D eigenvalue weighted by atomic mass is 14.7. The molecule has 0 aromatic heterocycles. The molecule has 0 fully saturated rings. The molecular weight excluding hydrogens is 112 g/mol. The second-order valence-electron chi connectivity index (χ2n) is 1.68. The molecule has 0 amide bonds. The molecule has 0 aliphatic heterocycles. The van der Waals surface area contributed by atoms with E-state index in [0.29, 0.717) is 0 Å². The molecule has 0 saturated carbocycles. The average molecular weight is 118 g/mol. The van der Waals surface area contributed by atoms with E-state index in [0.717, 1.165) is 12.1 Å². The van der Waals surface area contributed by atoms with E-state index in [2.05, 4.69) is 4.99 Å². The smallest absolute Gasteiger partial charge is 0.174 e. The van der Waals surface area contributed by atoms with Gasteiger partial charge in [-0.15, -0.1) is 0 Å². The molecule has 9 heavy (non-hydrogen) atoms. The summed E-state index contributed by atoms with van der Waals surface area (Å²) >= 11 is 0. The van der Waals surface area contributed by atoms with Crippen LogP contribution in [0.15, 0.2) is 29.3 Å². The lowest BCUT2D eigenvalue weighted by molar-refractivity contribution is 1.37. The Kier molecular flexibility index (Phi) is 1.81. The number of hydrogen-bond acceptors (Lipinski definition) is 2. The highest BCUT2D eigenvalue weighted by Gasteiger charge is 1.89. The number of nitriles is 1. The topological polar surface area (TPSA) is 36.1 Å². The monoisotopic (exact) mass is 118 g/mol. The minimum atomic E-state index is 0.740. The Morgan fingerprint density at radius 3 is 2.67 bits per heavy atom. The van der Waals surface area contributed by atoms with Crippen molar-refractivity contribution in [3.8, 4) is 6.19 Å². The Bertz CT molecular complexity index is 202. The fourth-order valence-corrected chi connectivity index (χ4v) is 0.644. The van der Waals surface area contributed by atoms with Crippen LogP contribution in [0.3, 0.4) is 0 Å². The molecule has 0 heterocycles. The molecule has 2 heteroatoms. The number of rotatable bonds is 0. The summed E-state index contributed by atoms with van der Waals surface area (Å²) in [4.78, 5) is 3.53. The molecule has 0 atom stereocenters. The second-order valence-corrected chi connectivity index (χ2v) is 1.68. The third kappa shape index (κ3) is 1.54. The lowest BCUT2D eigenvalue weighted by atomic mass is 10.2. The molecule has 44 valence electrons. The van der Waals surface area contributed by atoms with Gasteiger partial charge in [0.1, 0.15) is 0 Å². The van der Waals surface area contributed by atoms with Gasteiger partial charge in [-0.05, 0) is 18.6 Å². The predicted molar refractivity (Wildman–Crippen MR) is 35.9 cm³/mol. The lowest BCUT2D eigenvalue weighted by Crippen LogP contribution is -1.89. The molecule has 0 N–H and O–H groups in total. The highest BCUT2D eigenvalue weighted by molar-refractivity contribution is 6.05. The zero-order valence-electron chi connectivity index (χ0n) is 4.91.